The highest BCUT2D eigenvalue weighted by atomic mass is 16.2. The molecular weight excluding hydrogens is 496 g/mol. The Morgan fingerprint density at radius 1 is 1.28 bits per heavy atom. The zero-order valence-corrected chi connectivity index (χ0v) is 22.3. The van der Waals surface area contributed by atoms with Crippen LogP contribution in [0.25, 0.3) is 16.8 Å². The van der Waals surface area contributed by atoms with E-state index in [2.05, 4.69) is 30.6 Å². The number of aromatic nitrogens is 7. The van der Waals surface area contributed by atoms with Crippen LogP contribution in [-0.4, -0.2) is 63.9 Å². The van der Waals surface area contributed by atoms with Crippen LogP contribution in [0.1, 0.15) is 78.4 Å². The predicted octanol–water partition coefficient (Wildman–Crippen LogP) is 3.12. The van der Waals surface area contributed by atoms with E-state index in [1.54, 1.807) is 23.4 Å². The van der Waals surface area contributed by atoms with Crippen molar-refractivity contribution in [2.45, 2.75) is 58.5 Å². The fraction of sp³-hybridized carbons (Fsp3) is 0.370. The van der Waals surface area contributed by atoms with Crippen LogP contribution in [0, 0.1) is 0 Å². The van der Waals surface area contributed by atoms with Crippen molar-refractivity contribution >= 4 is 23.2 Å². The molecule has 0 aliphatic carbocycles. The third-order valence-electron chi connectivity index (χ3n) is 7.06. The molecule has 1 unspecified atom stereocenters. The predicted molar refractivity (Wildman–Crippen MR) is 146 cm³/mol. The van der Waals surface area contributed by atoms with Crippen molar-refractivity contribution in [1.29, 1.82) is 0 Å². The highest BCUT2D eigenvalue weighted by molar-refractivity contribution is 6.00. The lowest BCUT2D eigenvalue weighted by Gasteiger charge is -2.25. The number of allylic oxidation sites excluding steroid dienone is 1. The van der Waals surface area contributed by atoms with Gasteiger partial charge in [-0.15, -0.1) is 0 Å². The monoisotopic (exact) mass is 528 g/mol. The standard InChI is InChI=1S/C27H32N10O2/c1-4-12-36(27(39)25-31-15-32-35-25)16(2)7-9-22-23(17(3)38)24(28)37-26(34-22)19(14-33-37)18-8-10-21(30-13-18)20-6-5-11-29-20/h4,8,10,12-16,20,29H,5-7,9,11,28H2,1-3H3,(H,31,32,35)/b12-4-/t16-,20?/m1/s1. The Morgan fingerprint density at radius 2 is 2.13 bits per heavy atom. The van der Waals surface area contributed by atoms with Gasteiger partial charge in [-0.25, -0.2) is 9.97 Å². The zero-order chi connectivity index (χ0) is 27.5. The minimum absolute atomic E-state index is 0.153. The molecule has 1 aliphatic heterocycles. The highest BCUT2D eigenvalue weighted by Gasteiger charge is 2.25. The highest BCUT2D eigenvalue weighted by Crippen LogP contribution is 2.29. The fourth-order valence-corrected chi connectivity index (χ4v) is 5.03. The number of nitrogens with one attached hydrogen (secondary N) is 2. The molecule has 4 N–H and O–H groups in total. The Balaban J connectivity index is 1.45. The summed E-state index contributed by atoms with van der Waals surface area (Å²) < 4.78 is 1.50. The number of pyridine rings is 1. The van der Waals surface area contributed by atoms with Gasteiger partial charge in [0.2, 0.25) is 5.82 Å². The molecule has 1 amide bonds. The van der Waals surface area contributed by atoms with Crippen LogP contribution in [-0.2, 0) is 6.42 Å². The summed E-state index contributed by atoms with van der Waals surface area (Å²) in [5.74, 6) is -0.0982. The largest absolute Gasteiger partial charge is 0.383 e. The normalized spacial score (nSPS) is 16.2. The second kappa shape index (κ2) is 11.1. The van der Waals surface area contributed by atoms with Crippen molar-refractivity contribution in [3.63, 3.8) is 0 Å². The third-order valence-corrected chi connectivity index (χ3v) is 7.06. The summed E-state index contributed by atoms with van der Waals surface area (Å²) in [6.07, 6.45) is 11.5. The van der Waals surface area contributed by atoms with Gasteiger partial charge in [0.15, 0.2) is 11.4 Å². The molecule has 4 aromatic rings. The van der Waals surface area contributed by atoms with Crippen molar-refractivity contribution in [2.75, 3.05) is 12.3 Å². The molecular formula is C27H32N10O2. The molecule has 39 heavy (non-hydrogen) atoms. The fourth-order valence-electron chi connectivity index (χ4n) is 5.03. The second-order valence-electron chi connectivity index (χ2n) is 9.71. The number of anilines is 1. The lowest BCUT2D eigenvalue weighted by molar-refractivity contribution is 0.0760. The number of nitrogen functional groups attached to an aromatic ring is 1. The molecule has 4 aromatic heterocycles. The zero-order valence-electron chi connectivity index (χ0n) is 22.3. The Hall–Kier alpha value is -4.45. The van der Waals surface area contributed by atoms with Crippen LogP contribution in [0.3, 0.4) is 0 Å². The number of carbonyl (C=O) groups is 2. The van der Waals surface area contributed by atoms with Gasteiger partial charge in [0.25, 0.3) is 5.91 Å². The molecule has 0 saturated carbocycles. The van der Waals surface area contributed by atoms with E-state index in [0.717, 1.165) is 36.2 Å². The van der Waals surface area contributed by atoms with E-state index in [1.165, 1.54) is 17.8 Å². The van der Waals surface area contributed by atoms with E-state index in [9.17, 15) is 9.59 Å². The maximum atomic E-state index is 13.0. The van der Waals surface area contributed by atoms with Gasteiger partial charge < -0.3 is 16.0 Å². The van der Waals surface area contributed by atoms with Gasteiger partial charge in [-0.2, -0.15) is 14.7 Å². The molecule has 0 aromatic carbocycles. The summed E-state index contributed by atoms with van der Waals surface area (Å²) in [5.41, 5.74) is 10.6. The Bertz CT molecular complexity index is 1500. The average Bonchev–Trinajstić information content (AvgIpc) is 3.72. The number of fused-ring (bicyclic) bond motifs is 1. The van der Waals surface area contributed by atoms with Gasteiger partial charge in [0.05, 0.1) is 23.1 Å². The number of Topliss-reactive ketones (excluding diaryl/α,β-unsaturated/α-hetero) is 1. The SMILES string of the molecule is C/C=C\N(C(=O)c1ncn[nH]1)[C@H](C)CCc1nc2c(-c3ccc(C4CCCN4)nc3)cnn2c(N)c1C(C)=O. The number of rotatable bonds is 9. The maximum absolute atomic E-state index is 13.0. The number of hydrogen-bond acceptors (Lipinski definition) is 9. The lowest BCUT2D eigenvalue weighted by Crippen LogP contribution is -2.35. The maximum Gasteiger partial charge on any atom is 0.295 e. The van der Waals surface area contributed by atoms with Crippen LogP contribution in [0.4, 0.5) is 5.82 Å². The minimum Gasteiger partial charge on any atom is -0.383 e. The topological polar surface area (TPSA) is 160 Å². The number of aryl methyl sites for hydroxylation is 1. The first-order chi connectivity index (χ1) is 18.9. The molecule has 1 aliphatic rings. The number of hydrogen-bond donors (Lipinski definition) is 3. The molecule has 5 rings (SSSR count). The summed E-state index contributed by atoms with van der Waals surface area (Å²) in [6, 6.07) is 4.10. The van der Waals surface area contributed by atoms with E-state index in [-0.39, 0.29) is 35.4 Å². The molecule has 0 radical (unpaired) electrons. The number of carbonyl (C=O) groups excluding carboxylic acids is 2. The number of amides is 1. The van der Waals surface area contributed by atoms with Crippen LogP contribution in [0.2, 0.25) is 0 Å². The van der Waals surface area contributed by atoms with Crippen LogP contribution in [0.5, 0.6) is 0 Å². The molecule has 0 bridgehead atoms. The summed E-state index contributed by atoms with van der Waals surface area (Å²) in [6.45, 7) is 6.24. The van der Waals surface area contributed by atoms with E-state index >= 15 is 0 Å². The Morgan fingerprint density at radius 3 is 2.77 bits per heavy atom. The summed E-state index contributed by atoms with van der Waals surface area (Å²) in [7, 11) is 0. The van der Waals surface area contributed by atoms with Gasteiger partial charge in [-0.3, -0.25) is 19.7 Å². The smallest absolute Gasteiger partial charge is 0.295 e. The molecule has 0 spiro atoms. The molecule has 1 fully saturated rings. The molecule has 202 valence electrons. The van der Waals surface area contributed by atoms with Crippen LogP contribution in [0.15, 0.2) is 43.1 Å². The Labute approximate surface area is 225 Å². The Kier molecular flexibility index (Phi) is 7.46. The summed E-state index contributed by atoms with van der Waals surface area (Å²) >= 11 is 0. The van der Waals surface area contributed by atoms with Gasteiger partial charge in [0, 0.05) is 35.6 Å². The molecule has 12 nitrogen and oxygen atoms in total. The average molecular weight is 529 g/mol. The van der Waals surface area contributed by atoms with Gasteiger partial charge in [-0.1, -0.05) is 12.1 Å². The van der Waals surface area contributed by atoms with Crippen molar-refractivity contribution < 1.29 is 9.59 Å². The van der Waals surface area contributed by atoms with Crippen LogP contribution >= 0.6 is 0 Å². The number of nitrogens with zero attached hydrogens (tertiary/aromatic N) is 7. The molecule has 1 saturated heterocycles. The van der Waals surface area contributed by atoms with Crippen molar-refractivity contribution in [1.82, 2.24) is 45.0 Å². The number of aromatic amines is 1. The van der Waals surface area contributed by atoms with E-state index in [1.807, 2.05) is 32.2 Å². The first-order valence-electron chi connectivity index (χ1n) is 13.1. The quantitative estimate of drug-likeness (QED) is 0.277. The minimum atomic E-state index is -0.297. The molecule has 12 heteroatoms. The molecule has 2 atom stereocenters. The third kappa shape index (κ3) is 5.15. The number of H-pyrrole nitrogens is 1. The summed E-state index contributed by atoms with van der Waals surface area (Å²) in [5, 5.41) is 14.3. The van der Waals surface area contributed by atoms with Gasteiger partial charge in [0.1, 0.15) is 12.1 Å². The number of nitrogens with two attached hydrogens (primary N) is 1. The van der Waals surface area contributed by atoms with E-state index in [4.69, 9.17) is 10.7 Å². The van der Waals surface area contributed by atoms with Crippen molar-refractivity contribution in [3.05, 3.63) is 65.9 Å². The first-order valence-corrected chi connectivity index (χ1v) is 13.1. The van der Waals surface area contributed by atoms with Gasteiger partial charge in [-0.05, 0) is 59.1 Å². The number of ketones is 1. The van der Waals surface area contributed by atoms with Crippen molar-refractivity contribution in [3.8, 4) is 11.1 Å². The van der Waals surface area contributed by atoms with E-state index in [0.29, 0.717) is 29.7 Å². The molecule has 5 heterocycles. The second-order valence-corrected chi connectivity index (χ2v) is 9.71. The van der Waals surface area contributed by atoms with Gasteiger partial charge >= 0.3 is 0 Å². The van der Waals surface area contributed by atoms with Crippen LogP contribution < -0.4 is 11.1 Å². The first kappa shape index (κ1) is 26.2. The van der Waals surface area contributed by atoms with Crippen molar-refractivity contribution in [2.24, 2.45) is 0 Å². The lowest BCUT2D eigenvalue weighted by atomic mass is 10.0. The van der Waals surface area contributed by atoms with E-state index < -0.39 is 0 Å². The summed E-state index contributed by atoms with van der Waals surface area (Å²) in [4.78, 5) is 40.7.